The van der Waals surface area contributed by atoms with Gasteiger partial charge in [-0.05, 0) is 6.92 Å². The molecule has 0 saturated carbocycles. The molecule has 0 aliphatic carbocycles. The Bertz CT molecular complexity index is 1750. The lowest BCUT2D eigenvalue weighted by atomic mass is 9.94. The summed E-state index contributed by atoms with van der Waals surface area (Å²) in [4.78, 5) is 12.5. The first-order valence-corrected chi connectivity index (χ1v) is 24.2. The third kappa shape index (κ3) is 12.7. The molecule has 0 amide bonds. The maximum absolute atomic E-state index is 12.5. The Morgan fingerprint density at radius 3 is 0.840 bits per heavy atom. The quantitative estimate of drug-likeness (QED) is 0.0807. The van der Waals surface area contributed by atoms with E-state index in [4.69, 9.17) is 66.3 Å². The second-order valence-electron chi connectivity index (χ2n) is 18.8. The van der Waals surface area contributed by atoms with Gasteiger partial charge in [-0.1, -0.05) is 0 Å². The topological polar surface area (TPSA) is 510 Å². The van der Waals surface area contributed by atoms with E-state index in [1.165, 1.54) is 6.92 Å². The van der Waals surface area contributed by atoms with Gasteiger partial charge in [-0.3, -0.25) is 4.79 Å². The highest BCUT2D eigenvalue weighted by Gasteiger charge is 2.59. The number of aliphatic hydroxyl groups excluding tert-OH is 18. The van der Waals surface area contributed by atoms with Gasteiger partial charge in [-0.15, -0.1) is 0 Å². The first-order valence-electron chi connectivity index (χ1n) is 24.2. The van der Waals surface area contributed by atoms with Crippen LogP contribution in [0.25, 0.3) is 0 Å². The summed E-state index contributed by atoms with van der Waals surface area (Å²) in [5.74, 6) is -0.884. The summed E-state index contributed by atoms with van der Waals surface area (Å²) >= 11 is 0. The van der Waals surface area contributed by atoms with E-state index in [1.807, 2.05) is 0 Å². The molecule has 31 atom stereocenters. The summed E-state index contributed by atoms with van der Waals surface area (Å²) in [7, 11) is 0. The van der Waals surface area contributed by atoms with Crippen molar-refractivity contribution in [3.8, 4) is 0 Å². The van der Waals surface area contributed by atoms with Crippen molar-refractivity contribution in [2.45, 2.75) is 204 Å². The zero-order valence-corrected chi connectivity index (χ0v) is 39.9. The van der Waals surface area contributed by atoms with Crippen molar-refractivity contribution in [2.24, 2.45) is 0 Å². The highest BCUT2D eigenvalue weighted by atomic mass is 16.8. The number of ether oxygens (including phenoxy) is 14. The molecule has 22 aliphatic rings. The highest BCUT2D eigenvalue weighted by molar-refractivity contribution is 5.69. The van der Waals surface area contributed by atoms with E-state index in [1.54, 1.807) is 0 Å². The maximum Gasteiger partial charge on any atom is 0.308 e. The van der Waals surface area contributed by atoms with Gasteiger partial charge in [0.1, 0.15) is 146 Å². The number of hydrogen-bond donors (Lipinski definition) is 18. The van der Waals surface area contributed by atoms with Crippen LogP contribution in [0.3, 0.4) is 0 Å². The number of rotatable bonds is 12. The molecule has 75 heavy (non-hydrogen) atoms. The Morgan fingerprint density at radius 2 is 0.600 bits per heavy atom. The summed E-state index contributed by atoms with van der Waals surface area (Å²) in [5.41, 5.74) is 0. The summed E-state index contributed by atoms with van der Waals surface area (Å²) in [6, 6.07) is 0. The van der Waals surface area contributed by atoms with E-state index < -0.39 is 249 Å². The van der Waals surface area contributed by atoms with E-state index in [2.05, 4.69) is 0 Å². The van der Waals surface area contributed by atoms with E-state index in [0.29, 0.717) is 0 Å². The van der Waals surface area contributed by atoms with Gasteiger partial charge in [-0.25, -0.2) is 0 Å². The largest absolute Gasteiger partial charge is 0.466 e. The lowest BCUT2D eigenvalue weighted by Gasteiger charge is -2.51. The average Bonchev–Trinajstić information content (AvgIpc) is 3.40. The molecule has 436 valence electrons. The number of hydrogen-bond acceptors (Lipinski definition) is 33. The molecule has 0 spiro atoms. The van der Waals surface area contributed by atoms with Crippen molar-refractivity contribution < 1.29 is 163 Å². The Kier molecular flexibility index (Phi) is 21.6. The van der Waals surface area contributed by atoms with Crippen molar-refractivity contribution in [1.82, 2.24) is 0 Å². The molecule has 0 aromatic heterocycles. The van der Waals surface area contributed by atoms with Crippen LogP contribution in [0.15, 0.2) is 0 Å². The second kappa shape index (κ2) is 26.7. The normalized spacial score (nSPS) is 50.5. The van der Waals surface area contributed by atoms with Gasteiger partial charge in [0.2, 0.25) is 0 Å². The van der Waals surface area contributed by atoms with Crippen molar-refractivity contribution in [1.29, 1.82) is 0 Å². The van der Waals surface area contributed by atoms with Gasteiger partial charge in [-0.2, -0.15) is 0 Å². The van der Waals surface area contributed by atoms with E-state index >= 15 is 0 Å². The van der Waals surface area contributed by atoms with Gasteiger partial charge in [0.25, 0.3) is 0 Å². The van der Waals surface area contributed by atoms with Gasteiger partial charge < -0.3 is 158 Å². The van der Waals surface area contributed by atoms with Gasteiger partial charge in [0, 0.05) is 0 Å². The number of carbonyl (C=O) groups excluding carboxylic acids is 1. The maximum atomic E-state index is 12.5. The fraction of sp³-hybridized carbons (Fsp3) is 0.976. The summed E-state index contributed by atoms with van der Waals surface area (Å²) in [6.45, 7) is -5.76. The van der Waals surface area contributed by atoms with Crippen molar-refractivity contribution >= 4 is 5.97 Å². The van der Waals surface area contributed by atoms with Crippen molar-refractivity contribution in [3.05, 3.63) is 0 Å². The van der Waals surface area contributed by atoms with Gasteiger partial charge in [0.15, 0.2) is 37.7 Å². The lowest BCUT2D eigenvalue weighted by Crippen LogP contribution is -2.69. The molecule has 22 aliphatic heterocycles. The number of esters is 1. The molecule has 33 nitrogen and oxygen atoms in total. The number of aliphatic hydroxyl groups is 18. The zero-order chi connectivity index (χ0) is 54.7. The van der Waals surface area contributed by atoms with Crippen LogP contribution < -0.4 is 0 Å². The fourth-order valence-corrected chi connectivity index (χ4v) is 9.85. The van der Waals surface area contributed by atoms with E-state index in [9.17, 15) is 96.7 Å². The van der Waals surface area contributed by atoms with Crippen LogP contribution in [0.2, 0.25) is 0 Å². The van der Waals surface area contributed by atoms with Crippen LogP contribution in [0, 0.1) is 0 Å². The van der Waals surface area contributed by atoms with Crippen LogP contribution in [-0.2, 0) is 71.1 Å². The van der Waals surface area contributed by atoms with Crippen LogP contribution in [-0.4, -0.2) is 341 Å². The minimum absolute atomic E-state index is 0.0894. The summed E-state index contributed by atoms with van der Waals surface area (Å²) in [5, 5.41) is 198. The standard InChI is InChI=1S/C42H70O33/c1-2-62-18(50)3-11(4-43)63-36-29(61)42-69-17(10-49)35(36)75-41-28(60)23(55)33(15(8-47)68-41)73-39-26(58)21(53)31(13(6-45)66-39)71-37-24(56)19(51)30(12(5-44)64-37)70-38-25(57)20(52)32(14(7-46)65-38)72-40-27(59)22(54)34(74-42)16(9-48)67-40/h11-17,19-49,51-61H,2-10H2,1H3/t11?,12-,13-,14-,15-,16-,17-,19-,20-,21-,22-,23-,24-,25-,26-,27-,28-,29-,30-,31-,32-,33-,34-,35+,36-,37-,38-,39-,40-,41-,42-/m1/s1. The first-order chi connectivity index (χ1) is 35.8. The Hall–Kier alpha value is -1.77. The van der Waals surface area contributed by atoms with Gasteiger partial charge in [0.05, 0.1) is 65.4 Å². The van der Waals surface area contributed by atoms with Crippen molar-refractivity contribution in [2.75, 3.05) is 52.9 Å². The molecule has 0 aromatic carbocycles. The van der Waals surface area contributed by atoms with Crippen LogP contribution >= 0.6 is 0 Å². The Labute approximate surface area is 425 Å². The molecule has 22 fully saturated rings. The van der Waals surface area contributed by atoms with Crippen molar-refractivity contribution in [3.63, 3.8) is 0 Å². The minimum Gasteiger partial charge on any atom is -0.466 e. The third-order valence-electron chi connectivity index (χ3n) is 13.9. The molecule has 33 heteroatoms. The fourth-order valence-electron chi connectivity index (χ4n) is 9.85. The molecule has 1 unspecified atom stereocenters. The Morgan fingerprint density at radius 1 is 0.360 bits per heavy atom. The summed E-state index contributed by atoms with van der Waals surface area (Å²) < 4.78 is 80.1. The predicted octanol–water partition coefficient (Wildman–Crippen LogP) is -12.7. The smallest absolute Gasteiger partial charge is 0.308 e. The molecule has 22 heterocycles. The van der Waals surface area contributed by atoms with Crippen LogP contribution in [0.1, 0.15) is 13.3 Å². The molecular weight excluding hydrogens is 1030 g/mol. The van der Waals surface area contributed by atoms with Gasteiger partial charge >= 0.3 is 5.97 Å². The molecule has 12 bridgehead atoms. The molecule has 22 saturated heterocycles. The van der Waals surface area contributed by atoms with E-state index in [0.717, 1.165) is 0 Å². The third-order valence-corrected chi connectivity index (χ3v) is 13.9. The average molecular weight is 1100 g/mol. The predicted molar refractivity (Wildman–Crippen MR) is 227 cm³/mol. The van der Waals surface area contributed by atoms with Crippen LogP contribution in [0.4, 0.5) is 0 Å². The minimum atomic E-state index is -2.23. The lowest BCUT2D eigenvalue weighted by molar-refractivity contribution is -0.405. The molecule has 18 N–H and O–H groups in total. The molecule has 22 rings (SSSR count). The zero-order valence-electron chi connectivity index (χ0n) is 39.9. The first kappa shape index (κ1) is 60.9. The second-order valence-corrected chi connectivity index (χ2v) is 18.8. The van der Waals surface area contributed by atoms with E-state index in [-0.39, 0.29) is 6.61 Å². The molecular formula is C42H70O33. The highest BCUT2D eigenvalue weighted by Crippen LogP contribution is 2.39. The SMILES string of the molecule is CCOC(=O)CC(CO)O[C@@H]1[C@@H](O)[C@H]2O[C@H]3[C@H](O)[C@@H](O)[C@@H](O[C@H]4[C@H](O)[C@@H](O)[C@@H](O[C@H]5[C@H](O)[C@@H](O)[C@@H](O[C@H]6[C@H](O)[C@@H](O)[C@@H](O[C@H]7[C@H](O)[C@@H](O)[C@@H](O[C@H]1[C@@H](CO)O2)O[C@@H]7CO)O[C@@H]6CO)O[C@@H]5CO)O[C@@H]4CO)O[C@@H]3CO. The Balaban J connectivity index is 1.23. The summed E-state index contributed by atoms with van der Waals surface area (Å²) in [6.07, 6.45) is -62.0. The monoisotopic (exact) mass is 1100 g/mol. The van der Waals surface area contributed by atoms with Crippen LogP contribution in [0.5, 0.6) is 0 Å². The molecule has 0 radical (unpaired) electrons. The number of carbonyl (C=O) groups is 1. The molecule has 0 aromatic rings.